The molecule has 20 heavy (non-hydrogen) atoms. The van der Waals surface area contributed by atoms with Gasteiger partial charge in [-0.1, -0.05) is 24.8 Å². The molecule has 0 bridgehead atoms. The van der Waals surface area contributed by atoms with E-state index in [1.165, 1.54) is 0 Å². The smallest absolute Gasteiger partial charge is 0.335 e. The van der Waals surface area contributed by atoms with Crippen LogP contribution in [0.4, 0.5) is 0 Å². The maximum Gasteiger partial charge on any atom is 0.335 e. The van der Waals surface area contributed by atoms with E-state index in [1.54, 1.807) is 13.2 Å². The van der Waals surface area contributed by atoms with Gasteiger partial charge in [-0.25, -0.2) is 4.79 Å². The molecule has 0 aliphatic carbocycles. The fourth-order valence-electron chi connectivity index (χ4n) is 1.88. The van der Waals surface area contributed by atoms with Gasteiger partial charge in [-0.2, -0.15) is 0 Å². The molecule has 2 aromatic rings. The summed E-state index contributed by atoms with van der Waals surface area (Å²) in [6.45, 7) is 5.28. The number of carbonyl (C=O) groups excluding carboxylic acids is 1. The highest BCUT2D eigenvalue weighted by molar-refractivity contribution is 5.83. The van der Waals surface area contributed by atoms with Crippen LogP contribution in [-0.4, -0.2) is 13.1 Å². The van der Waals surface area contributed by atoms with E-state index in [0.29, 0.717) is 5.75 Å². The standard InChI is InChI=1S/C17H16O3/c1-4-17(18)20-16-10-7-14(11-12(16)2)13-5-8-15(19-3)9-6-13/h4-11H,1H2,2-3H3. The third-order valence-corrected chi connectivity index (χ3v) is 2.98. The number of hydrogen-bond acceptors (Lipinski definition) is 3. The Hall–Kier alpha value is -2.55. The molecule has 0 saturated carbocycles. The van der Waals surface area contributed by atoms with E-state index in [-0.39, 0.29) is 0 Å². The van der Waals surface area contributed by atoms with Gasteiger partial charge in [0.25, 0.3) is 0 Å². The fraction of sp³-hybridized carbons (Fsp3) is 0.118. The second kappa shape index (κ2) is 6.06. The number of esters is 1. The first kappa shape index (κ1) is 13.9. The highest BCUT2D eigenvalue weighted by atomic mass is 16.5. The first-order valence-electron chi connectivity index (χ1n) is 6.23. The molecular weight excluding hydrogens is 252 g/mol. The monoisotopic (exact) mass is 268 g/mol. The summed E-state index contributed by atoms with van der Waals surface area (Å²) in [6, 6.07) is 13.5. The molecule has 0 spiro atoms. The molecule has 0 aliphatic heterocycles. The lowest BCUT2D eigenvalue weighted by Gasteiger charge is -2.09. The zero-order valence-electron chi connectivity index (χ0n) is 11.6. The summed E-state index contributed by atoms with van der Waals surface area (Å²) in [5.74, 6) is 0.916. The minimum Gasteiger partial charge on any atom is -0.497 e. The number of carbonyl (C=O) groups is 1. The van der Waals surface area contributed by atoms with Crippen LogP contribution in [-0.2, 0) is 4.79 Å². The van der Waals surface area contributed by atoms with Crippen molar-refractivity contribution in [1.29, 1.82) is 0 Å². The van der Waals surface area contributed by atoms with Crippen LogP contribution in [0.2, 0.25) is 0 Å². The second-order valence-electron chi connectivity index (χ2n) is 4.33. The molecule has 2 rings (SSSR count). The Balaban J connectivity index is 2.27. The van der Waals surface area contributed by atoms with Crippen LogP contribution < -0.4 is 9.47 Å². The van der Waals surface area contributed by atoms with Gasteiger partial charge in [-0.3, -0.25) is 0 Å². The number of methoxy groups -OCH3 is 1. The van der Waals surface area contributed by atoms with Gasteiger partial charge in [-0.15, -0.1) is 0 Å². The molecule has 0 N–H and O–H groups in total. The van der Waals surface area contributed by atoms with Gasteiger partial charge in [0, 0.05) is 6.08 Å². The SMILES string of the molecule is C=CC(=O)Oc1ccc(-c2ccc(OC)cc2)cc1C. The highest BCUT2D eigenvalue weighted by Crippen LogP contribution is 2.27. The summed E-state index contributed by atoms with van der Waals surface area (Å²) in [5.41, 5.74) is 3.03. The molecule has 2 aromatic carbocycles. The van der Waals surface area contributed by atoms with Crippen molar-refractivity contribution in [2.24, 2.45) is 0 Å². The molecular formula is C17H16O3. The second-order valence-corrected chi connectivity index (χ2v) is 4.33. The largest absolute Gasteiger partial charge is 0.497 e. The third kappa shape index (κ3) is 3.06. The Morgan fingerprint density at radius 2 is 1.75 bits per heavy atom. The van der Waals surface area contributed by atoms with Crippen LogP contribution in [0.1, 0.15) is 5.56 Å². The molecule has 0 unspecified atom stereocenters. The molecule has 0 heterocycles. The van der Waals surface area contributed by atoms with E-state index in [9.17, 15) is 4.79 Å². The van der Waals surface area contributed by atoms with Crippen LogP contribution in [0.15, 0.2) is 55.1 Å². The quantitative estimate of drug-likeness (QED) is 0.481. The molecule has 0 radical (unpaired) electrons. The molecule has 0 amide bonds. The molecule has 3 nitrogen and oxygen atoms in total. The summed E-state index contributed by atoms with van der Waals surface area (Å²) in [6.07, 6.45) is 1.15. The highest BCUT2D eigenvalue weighted by Gasteiger charge is 2.06. The molecule has 0 fully saturated rings. The zero-order chi connectivity index (χ0) is 14.5. The van der Waals surface area contributed by atoms with Gasteiger partial charge in [-0.05, 0) is 47.9 Å². The average Bonchev–Trinajstić information content (AvgIpc) is 2.49. The minimum atomic E-state index is -0.453. The van der Waals surface area contributed by atoms with Crippen molar-refractivity contribution >= 4 is 5.97 Å². The maximum absolute atomic E-state index is 11.2. The van der Waals surface area contributed by atoms with Crippen LogP contribution in [0.25, 0.3) is 11.1 Å². The van der Waals surface area contributed by atoms with Crippen molar-refractivity contribution in [1.82, 2.24) is 0 Å². The van der Waals surface area contributed by atoms with Crippen molar-refractivity contribution in [2.75, 3.05) is 7.11 Å². The summed E-state index contributed by atoms with van der Waals surface area (Å²) in [7, 11) is 1.64. The molecule has 0 saturated heterocycles. The van der Waals surface area contributed by atoms with E-state index in [0.717, 1.165) is 28.5 Å². The number of ether oxygens (including phenoxy) is 2. The van der Waals surface area contributed by atoms with E-state index in [2.05, 4.69) is 6.58 Å². The maximum atomic E-state index is 11.2. The predicted molar refractivity (Wildman–Crippen MR) is 79.0 cm³/mol. The van der Waals surface area contributed by atoms with Gasteiger partial charge in [0.15, 0.2) is 0 Å². The fourth-order valence-corrected chi connectivity index (χ4v) is 1.88. The Bertz CT molecular complexity index is 627. The van der Waals surface area contributed by atoms with Crippen LogP contribution >= 0.6 is 0 Å². The van der Waals surface area contributed by atoms with Gasteiger partial charge in [0.2, 0.25) is 0 Å². The summed E-state index contributed by atoms with van der Waals surface area (Å²) in [4.78, 5) is 11.2. The number of benzene rings is 2. The summed E-state index contributed by atoms with van der Waals surface area (Å²) in [5, 5.41) is 0. The normalized spacial score (nSPS) is 9.90. The molecule has 0 aliphatic rings. The minimum absolute atomic E-state index is 0.453. The Kier molecular flexibility index (Phi) is 4.20. The third-order valence-electron chi connectivity index (χ3n) is 2.98. The molecule has 0 aromatic heterocycles. The lowest BCUT2D eigenvalue weighted by molar-refractivity contribution is -0.129. The van der Waals surface area contributed by atoms with Gasteiger partial charge >= 0.3 is 5.97 Å². The van der Waals surface area contributed by atoms with Crippen LogP contribution in [0.5, 0.6) is 11.5 Å². The van der Waals surface area contributed by atoms with Gasteiger partial charge < -0.3 is 9.47 Å². The Morgan fingerprint density at radius 1 is 1.10 bits per heavy atom. The van der Waals surface area contributed by atoms with Gasteiger partial charge in [0.1, 0.15) is 11.5 Å². The number of hydrogen-bond donors (Lipinski definition) is 0. The first-order valence-corrected chi connectivity index (χ1v) is 6.23. The Morgan fingerprint density at radius 3 is 2.30 bits per heavy atom. The van der Waals surface area contributed by atoms with Crippen molar-refractivity contribution < 1.29 is 14.3 Å². The van der Waals surface area contributed by atoms with Gasteiger partial charge in [0.05, 0.1) is 7.11 Å². The first-order chi connectivity index (χ1) is 9.63. The topological polar surface area (TPSA) is 35.5 Å². The van der Waals surface area contributed by atoms with E-state index < -0.39 is 5.97 Å². The Labute approximate surface area is 118 Å². The predicted octanol–water partition coefficient (Wildman–Crippen LogP) is 3.76. The van der Waals surface area contributed by atoms with E-state index in [4.69, 9.17) is 9.47 Å². The lowest BCUT2D eigenvalue weighted by Crippen LogP contribution is -2.04. The number of aryl methyl sites for hydroxylation is 1. The van der Waals surface area contributed by atoms with Crippen molar-refractivity contribution in [3.8, 4) is 22.6 Å². The van der Waals surface area contributed by atoms with E-state index in [1.807, 2.05) is 43.3 Å². The molecule has 0 atom stereocenters. The molecule has 102 valence electrons. The molecule has 3 heteroatoms. The van der Waals surface area contributed by atoms with Crippen LogP contribution in [0.3, 0.4) is 0 Å². The van der Waals surface area contributed by atoms with Crippen molar-refractivity contribution in [3.05, 3.63) is 60.7 Å². The average molecular weight is 268 g/mol. The summed E-state index contributed by atoms with van der Waals surface area (Å²) < 4.78 is 10.3. The van der Waals surface area contributed by atoms with E-state index >= 15 is 0 Å². The van der Waals surface area contributed by atoms with Crippen molar-refractivity contribution in [2.45, 2.75) is 6.92 Å². The van der Waals surface area contributed by atoms with Crippen molar-refractivity contribution in [3.63, 3.8) is 0 Å². The lowest BCUT2D eigenvalue weighted by atomic mass is 10.0. The number of rotatable bonds is 4. The van der Waals surface area contributed by atoms with Crippen LogP contribution in [0, 0.1) is 6.92 Å². The zero-order valence-corrected chi connectivity index (χ0v) is 11.6. The summed E-state index contributed by atoms with van der Waals surface area (Å²) >= 11 is 0.